The van der Waals surface area contributed by atoms with Gasteiger partial charge in [0.1, 0.15) is 0 Å². The van der Waals surface area contributed by atoms with Gasteiger partial charge < -0.3 is 5.32 Å². The SMILES string of the molecule is CCN1CC(CC)(CC)NCC1(C)CC. The summed E-state index contributed by atoms with van der Waals surface area (Å²) in [6, 6.07) is 0. The van der Waals surface area contributed by atoms with Gasteiger partial charge in [-0.1, -0.05) is 27.7 Å². The standard InChI is InChI=1S/C13H28N2/c1-6-12(5)10-14-13(7-2,8-3)11-15(12)9-4/h14H,6-11H2,1-5H3. The molecule has 2 heteroatoms. The van der Waals surface area contributed by atoms with Crippen LogP contribution in [0.1, 0.15) is 53.9 Å². The Morgan fingerprint density at radius 1 is 1.07 bits per heavy atom. The molecular weight excluding hydrogens is 184 g/mol. The van der Waals surface area contributed by atoms with Crippen LogP contribution < -0.4 is 5.32 Å². The fourth-order valence-corrected chi connectivity index (χ4v) is 2.67. The molecule has 0 aromatic rings. The van der Waals surface area contributed by atoms with Gasteiger partial charge in [0.25, 0.3) is 0 Å². The predicted octanol–water partition coefficient (Wildman–Crippen LogP) is 2.64. The summed E-state index contributed by atoms with van der Waals surface area (Å²) in [7, 11) is 0. The Hall–Kier alpha value is -0.0800. The van der Waals surface area contributed by atoms with Gasteiger partial charge in [0, 0.05) is 24.2 Å². The van der Waals surface area contributed by atoms with Gasteiger partial charge in [-0.25, -0.2) is 0 Å². The summed E-state index contributed by atoms with van der Waals surface area (Å²) >= 11 is 0. The van der Waals surface area contributed by atoms with E-state index in [0.29, 0.717) is 11.1 Å². The zero-order valence-electron chi connectivity index (χ0n) is 11.2. The number of nitrogens with zero attached hydrogens (tertiary/aromatic N) is 1. The van der Waals surface area contributed by atoms with Crippen molar-refractivity contribution in [2.24, 2.45) is 0 Å². The number of hydrogen-bond donors (Lipinski definition) is 1. The van der Waals surface area contributed by atoms with E-state index >= 15 is 0 Å². The van der Waals surface area contributed by atoms with Crippen LogP contribution in [0.15, 0.2) is 0 Å². The number of nitrogens with one attached hydrogen (secondary N) is 1. The summed E-state index contributed by atoms with van der Waals surface area (Å²) < 4.78 is 0. The average Bonchev–Trinajstić information content (AvgIpc) is 2.30. The Bertz CT molecular complexity index is 199. The highest BCUT2D eigenvalue weighted by Gasteiger charge is 2.41. The fraction of sp³-hybridized carbons (Fsp3) is 1.00. The molecule has 0 saturated carbocycles. The summed E-state index contributed by atoms with van der Waals surface area (Å²) in [4.78, 5) is 2.66. The number of rotatable bonds is 4. The Kier molecular flexibility index (Phi) is 4.19. The highest BCUT2D eigenvalue weighted by Crippen LogP contribution is 2.29. The summed E-state index contributed by atoms with van der Waals surface area (Å²) in [5.41, 5.74) is 0.729. The highest BCUT2D eigenvalue weighted by molar-refractivity contribution is 5.01. The smallest absolute Gasteiger partial charge is 0.0304 e. The topological polar surface area (TPSA) is 15.3 Å². The fourth-order valence-electron chi connectivity index (χ4n) is 2.67. The van der Waals surface area contributed by atoms with Crippen LogP contribution in [0, 0.1) is 0 Å². The van der Waals surface area contributed by atoms with E-state index in [-0.39, 0.29) is 0 Å². The van der Waals surface area contributed by atoms with Crippen LogP contribution in [-0.4, -0.2) is 35.6 Å². The van der Waals surface area contributed by atoms with Crippen molar-refractivity contribution in [3.8, 4) is 0 Å². The first-order valence-corrected chi connectivity index (χ1v) is 6.56. The van der Waals surface area contributed by atoms with Crippen LogP contribution >= 0.6 is 0 Å². The van der Waals surface area contributed by atoms with Gasteiger partial charge in [0.2, 0.25) is 0 Å². The molecule has 0 radical (unpaired) electrons. The minimum Gasteiger partial charge on any atom is -0.308 e. The third-order valence-electron chi connectivity index (χ3n) is 4.60. The van der Waals surface area contributed by atoms with E-state index in [9.17, 15) is 0 Å². The zero-order chi connectivity index (χ0) is 11.5. The summed E-state index contributed by atoms with van der Waals surface area (Å²) in [5.74, 6) is 0. The molecule has 1 atom stereocenters. The van der Waals surface area contributed by atoms with Crippen LogP contribution in [0.25, 0.3) is 0 Å². The van der Waals surface area contributed by atoms with E-state index in [1.54, 1.807) is 0 Å². The lowest BCUT2D eigenvalue weighted by Crippen LogP contribution is -2.68. The minimum absolute atomic E-state index is 0.364. The van der Waals surface area contributed by atoms with Gasteiger partial charge >= 0.3 is 0 Å². The molecule has 0 aliphatic carbocycles. The molecule has 1 aliphatic heterocycles. The van der Waals surface area contributed by atoms with Gasteiger partial charge in [-0.2, -0.15) is 0 Å². The molecule has 2 nitrogen and oxygen atoms in total. The summed E-state index contributed by atoms with van der Waals surface area (Å²) in [6.45, 7) is 15.1. The molecular formula is C13H28N2. The first kappa shape index (κ1) is 13.0. The van der Waals surface area contributed by atoms with E-state index in [0.717, 1.165) is 6.54 Å². The molecule has 0 spiro atoms. The van der Waals surface area contributed by atoms with Crippen molar-refractivity contribution in [3.05, 3.63) is 0 Å². The number of hydrogen-bond acceptors (Lipinski definition) is 2. The van der Waals surface area contributed by atoms with Crippen molar-refractivity contribution in [2.75, 3.05) is 19.6 Å². The average molecular weight is 212 g/mol. The maximum absolute atomic E-state index is 3.80. The van der Waals surface area contributed by atoms with E-state index < -0.39 is 0 Å². The first-order chi connectivity index (χ1) is 7.05. The molecule has 1 saturated heterocycles. The van der Waals surface area contributed by atoms with Gasteiger partial charge in [0.15, 0.2) is 0 Å². The largest absolute Gasteiger partial charge is 0.308 e. The maximum Gasteiger partial charge on any atom is 0.0304 e. The monoisotopic (exact) mass is 212 g/mol. The molecule has 0 aromatic heterocycles. The normalized spacial score (nSPS) is 31.8. The molecule has 15 heavy (non-hydrogen) atoms. The Balaban J connectivity index is 2.78. The second kappa shape index (κ2) is 4.84. The maximum atomic E-state index is 3.80. The molecule has 90 valence electrons. The van der Waals surface area contributed by atoms with Crippen LogP contribution in [-0.2, 0) is 0 Å². The predicted molar refractivity (Wildman–Crippen MR) is 67.3 cm³/mol. The van der Waals surface area contributed by atoms with Gasteiger partial charge in [0.05, 0.1) is 0 Å². The van der Waals surface area contributed by atoms with E-state index in [1.807, 2.05) is 0 Å². The van der Waals surface area contributed by atoms with Crippen LogP contribution in [0.3, 0.4) is 0 Å². The third-order valence-corrected chi connectivity index (χ3v) is 4.60. The second-order valence-electron chi connectivity index (χ2n) is 5.21. The molecule has 0 aromatic carbocycles. The lowest BCUT2D eigenvalue weighted by Gasteiger charge is -2.53. The third kappa shape index (κ3) is 2.36. The molecule has 0 amide bonds. The van der Waals surface area contributed by atoms with Crippen LogP contribution in [0.4, 0.5) is 0 Å². The molecule has 1 heterocycles. The Morgan fingerprint density at radius 3 is 2.07 bits per heavy atom. The van der Waals surface area contributed by atoms with Crippen molar-refractivity contribution in [2.45, 2.75) is 65.0 Å². The van der Waals surface area contributed by atoms with Crippen molar-refractivity contribution >= 4 is 0 Å². The molecule has 1 N–H and O–H groups in total. The minimum atomic E-state index is 0.364. The first-order valence-electron chi connectivity index (χ1n) is 6.56. The molecule has 1 unspecified atom stereocenters. The van der Waals surface area contributed by atoms with Crippen LogP contribution in [0.2, 0.25) is 0 Å². The molecule has 1 rings (SSSR count). The summed E-state index contributed by atoms with van der Waals surface area (Å²) in [5, 5.41) is 3.80. The lowest BCUT2D eigenvalue weighted by molar-refractivity contribution is 0.0134. The Labute approximate surface area is 95.4 Å². The van der Waals surface area contributed by atoms with Crippen molar-refractivity contribution < 1.29 is 0 Å². The zero-order valence-corrected chi connectivity index (χ0v) is 11.2. The Morgan fingerprint density at radius 2 is 1.67 bits per heavy atom. The molecule has 1 aliphatic rings. The van der Waals surface area contributed by atoms with Gasteiger partial charge in [-0.15, -0.1) is 0 Å². The second-order valence-corrected chi connectivity index (χ2v) is 5.21. The van der Waals surface area contributed by atoms with Crippen molar-refractivity contribution in [1.82, 2.24) is 10.2 Å². The van der Waals surface area contributed by atoms with Gasteiger partial charge in [-0.3, -0.25) is 4.90 Å². The molecule has 1 fully saturated rings. The summed E-state index contributed by atoms with van der Waals surface area (Å²) in [6.07, 6.45) is 3.71. The van der Waals surface area contributed by atoms with Crippen LogP contribution in [0.5, 0.6) is 0 Å². The van der Waals surface area contributed by atoms with Crippen molar-refractivity contribution in [1.29, 1.82) is 0 Å². The van der Waals surface area contributed by atoms with Gasteiger partial charge in [-0.05, 0) is 32.7 Å². The van der Waals surface area contributed by atoms with E-state index in [2.05, 4.69) is 44.8 Å². The lowest BCUT2D eigenvalue weighted by atomic mass is 9.83. The van der Waals surface area contributed by atoms with Crippen molar-refractivity contribution in [3.63, 3.8) is 0 Å². The highest BCUT2D eigenvalue weighted by atomic mass is 15.3. The quantitative estimate of drug-likeness (QED) is 0.770. The number of piperazine rings is 1. The molecule has 0 bridgehead atoms. The number of likely N-dealkylation sites (N-methyl/N-ethyl adjacent to an activating group) is 1. The van der Waals surface area contributed by atoms with E-state index in [1.165, 1.54) is 32.4 Å². The van der Waals surface area contributed by atoms with E-state index in [4.69, 9.17) is 0 Å².